The second-order valence-corrected chi connectivity index (χ2v) is 9.69. The summed E-state index contributed by atoms with van der Waals surface area (Å²) in [7, 11) is -3.77. The van der Waals surface area contributed by atoms with Gasteiger partial charge in [-0.3, -0.25) is 9.52 Å². The Balaban J connectivity index is 1.47. The SMILES string of the molecule is CCOc1ccc(NS(=O)(=O)c2ccc(NC(=O)CCCOc3ccc(Cl)cc3Cl)cc2)cc1. The number of halogens is 2. The van der Waals surface area contributed by atoms with Crippen LogP contribution in [0.3, 0.4) is 0 Å². The van der Waals surface area contributed by atoms with Gasteiger partial charge in [0.2, 0.25) is 5.91 Å². The summed E-state index contributed by atoms with van der Waals surface area (Å²) in [6.45, 7) is 2.71. The van der Waals surface area contributed by atoms with Crippen molar-refractivity contribution in [2.24, 2.45) is 0 Å². The fourth-order valence-electron chi connectivity index (χ4n) is 2.95. The minimum atomic E-state index is -3.77. The van der Waals surface area contributed by atoms with Crippen LogP contribution in [0.4, 0.5) is 11.4 Å². The van der Waals surface area contributed by atoms with Crippen molar-refractivity contribution in [2.75, 3.05) is 23.3 Å². The first-order valence-electron chi connectivity index (χ1n) is 10.5. The molecule has 0 saturated carbocycles. The number of ether oxygens (including phenoxy) is 2. The van der Waals surface area contributed by atoms with Crippen LogP contribution in [0.5, 0.6) is 11.5 Å². The molecule has 0 fully saturated rings. The van der Waals surface area contributed by atoms with E-state index >= 15 is 0 Å². The molecule has 0 bridgehead atoms. The smallest absolute Gasteiger partial charge is 0.261 e. The molecule has 3 aromatic carbocycles. The van der Waals surface area contributed by atoms with Gasteiger partial charge in [0.05, 0.1) is 23.1 Å². The highest BCUT2D eigenvalue weighted by Crippen LogP contribution is 2.27. The number of amides is 1. The minimum absolute atomic E-state index is 0.0765. The fourth-order valence-corrected chi connectivity index (χ4v) is 4.47. The Morgan fingerprint density at radius 2 is 1.59 bits per heavy atom. The van der Waals surface area contributed by atoms with Crippen molar-refractivity contribution >= 4 is 50.5 Å². The van der Waals surface area contributed by atoms with E-state index in [0.29, 0.717) is 52.6 Å². The average Bonchev–Trinajstić information content (AvgIpc) is 2.79. The summed E-state index contributed by atoms with van der Waals surface area (Å²) in [4.78, 5) is 12.3. The Kier molecular flexibility index (Phi) is 9.04. The molecule has 7 nitrogen and oxygen atoms in total. The van der Waals surface area contributed by atoms with Crippen LogP contribution in [0.1, 0.15) is 19.8 Å². The number of hydrogen-bond donors (Lipinski definition) is 2. The molecule has 34 heavy (non-hydrogen) atoms. The van der Waals surface area contributed by atoms with E-state index in [9.17, 15) is 13.2 Å². The summed E-state index contributed by atoms with van der Waals surface area (Å²) in [5.41, 5.74) is 0.912. The molecule has 0 saturated heterocycles. The van der Waals surface area contributed by atoms with Gasteiger partial charge in [-0.2, -0.15) is 0 Å². The standard InChI is InChI=1S/C24H24Cl2N2O5S/c1-2-32-20-10-6-19(7-11-20)28-34(30,31)21-12-8-18(9-13-21)27-24(29)4-3-15-33-23-14-5-17(25)16-22(23)26/h5-14,16,28H,2-4,15H2,1H3,(H,27,29). The van der Waals surface area contributed by atoms with Crippen molar-refractivity contribution in [3.63, 3.8) is 0 Å². The summed E-state index contributed by atoms with van der Waals surface area (Å²) >= 11 is 11.9. The molecule has 3 aromatic rings. The first-order valence-corrected chi connectivity index (χ1v) is 12.7. The normalized spacial score (nSPS) is 11.0. The van der Waals surface area contributed by atoms with E-state index in [1.165, 1.54) is 24.3 Å². The van der Waals surface area contributed by atoms with E-state index in [1.807, 2.05) is 6.92 Å². The number of carbonyl (C=O) groups is 1. The molecule has 0 aromatic heterocycles. The van der Waals surface area contributed by atoms with Crippen LogP contribution in [-0.2, 0) is 14.8 Å². The number of rotatable bonds is 11. The van der Waals surface area contributed by atoms with E-state index in [-0.39, 0.29) is 17.2 Å². The van der Waals surface area contributed by atoms with Gasteiger partial charge in [-0.05, 0) is 80.1 Å². The van der Waals surface area contributed by atoms with E-state index in [4.69, 9.17) is 32.7 Å². The van der Waals surface area contributed by atoms with Crippen molar-refractivity contribution in [2.45, 2.75) is 24.7 Å². The third-order valence-electron chi connectivity index (χ3n) is 4.57. The molecule has 0 spiro atoms. The second kappa shape index (κ2) is 12.0. The average molecular weight is 523 g/mol. The molecule has 0 aliphatic carbocycles. The molecule has 0 aliphatic heterocycles. The summed E-state index contributed by atoms with van der Waals surface area (Å²) < 4.78 is 38.7. The van der Waals surface area contributed by atoms with Crippen LogP contribution in [-0.4, -0.2) is 27.5 Å². The zero-order chi connectivity index (χ0) is 24.6. The molecule has 0 radical (unpaired) electrons. The Hall–Kier alpha value is -2.94. The van der Waals surface area contributed by atoms with Crippen molar-refractivity contribution in [3.05, 3.63) is 76.8 Å². The van der Waals surface area contributed by atoms with Crippen LogP contribution in [0.15, 0.2) is 71.6 Å². The molecular weight excluding hydrogens is 499 g/mol. The van der Waals surface area contributed by atoms with Crippen molar-refractivity contribution in [3.8, 4) is 11.5 Å². The molecular formula is C24H24Cl2N2O5S. The van der Waals surface area contributed by atoms with Crippen LogP contribution in [0.25, 0.3) is 0 Å². The zero-order valence-corrected chi connectivity index (χ0v) is 20.7. The molecule has 180 valence electrons. The van der Waals surface area contributed by atoms with Crippen molar-refractivity contribution < 1.29 is 22.7 Å². The largest absolute Gasteiger partial charge is 0.494 e. The third-order valence-corrected chi connectivity index (χ3v) is 6.49. The molecule has 0 atom stereocenters. The number of sulfonamides is 1. The van der Waals surface area contributed by atoms with E-state index in [1.54, 1.807) is 42.5 Å². The number of anilines is 2. The molecule has 1 amide bonds. The fraction of sp³-hybridized carbons (Fsp3) is 0.208. The predicted octanol–water partition coefficient (Wildman–Crippen LogP) is 5.99. The first kappa shape index (κ1) is 25.7. The van der Waals surface area contributed by atoms with E-state index in [2.05, 4.69) is 10.0 Å². The van der Waals surface area contributed by atoms with Crippen LogP contribution in [0, 0.1) is 0 Å². The summed E-state index contributed by atoms with van der Waals surface area (Å²) in [5.74, 6) is 0.946. The van der Waals surface area contributed by atoms with Crippen LogP contribution < -0.4 is 19.5 Å². The maximum atomic E-state index is 12.6. The molecule has 3 rings (SSSR count). The summed E-state index contributed by atoms with van der Waals surface area (Å²) in [6.07, 6.45) is 0.702. The predicted molar refractivity (Wildman–Crippen MR) is 135 cm³/mol. The second-order valence-electron chi connectivity index (χ2n) is 7.16. The van der Waals surface area contributed by atoms with Gasteiger partial charge in [-0.15, -0.1) is 0 Å². The maximum absolute atomic E-state index is 12.6. The van der Waals surface area contributed by atoms with Gasteiger partial charge >= 0.3 is 0 Å². The zero-order valence-electron chi connectivity index (χ0n) is 18.4. The third kappa shape index (κ3) is 7.55. The van der Waals surface area contributed by atoms with Gasteiger partial charge in [0, 0.05) is 22.8 Å². The molecule has 2 N–H and O–H groups in total. The van der Waals surface area contributed by atoms with Gasteiger partial charge < -0.3 is 14.8 Å². The Bertz CT molecular complexity index is 1220. The van der Waals surface area contributed by atoms with E-state index < -0.39 is 10.0 Å². The molecule has 0 unspecified atom stereocenters. The highest BCUT2D eigenvalue weighted by molar-refractivity contribution is 7.92. The van der Waals surface area contributed by atoms with Gasteiger partial charge in [-0.1, -0.05) is 23.2 Å². The Morgan fingerprint density at radius 3 is 2.24 bits per heavy atom. The van der Waals surface area contributed by atoms with Crippen molar-refractivity contribution in [1.82, 2.24) is 0 Å². The summed E-state index contributed by atoms with van der Waals surface area (Å²) in [5, 5.41) is 3.66. The Morgan fingerprint density at radius 1 is 0.912 bits per heavy atom. The van der Waals surface area contributed by atoms with Crippen molar-refractivity contribution in [1.29, 1.82) is 0 Å². The number of hydrogen-bond acceptors (Lipinski definition) is 5. The monoisotopic (exact) mass is 522 g/mol. The summed E-state index contributed by atoms with van der Waals surface area (Å²) in [6, 6.07) is 17.5. The highest BCUT2D eigenvalue weighted by Gasteiger charge is 2.14. The highest BCUT2D eigenvalue weighted by atomic mass is 35.5. The van der Waals surface area contributed by atoms with Gasteiger partial charge in [0.1, 0.15) is 11.5 Å². The van der Waals surface area contributed by atoms with Gasteiger partial charge in [0.25, 0.3) is 10.0 Å². The Labute approximate surface area is 209 Å². The minimum Gasteiger partial charge on any atom is -0.494 e. The first-order chi connectivity index (χ1) is 16.3. The quantitative estimate of drug-likeness (QED) is 0.301. The molecule has 0 aliphatic rings. The maximum Gasteiger partial charge on any atom is 0.261 e. The van der Waals surface area contributed by atoms with Gasteiger partial charge in [0.15, 0.2) is 0 Å². The number of nitrogens with one attached hydrogen (secondary N) is 2. The molecule has 10 heteroatoms. The van der Waals surface area contributed by atoms with Crippen LogP contribution >= 0.6 is 23.2 Å². The molecule has 0 heterocycles. The van der Waals surface area contributed by atoms with Gasteiger partial charge in [-0.25, -0.2) is 8.42 Å². The van der Waals surface area contributed by atoms with E-state index in [0.717, 1.165) is 0 Å². The lowest BCUT2D eigenvalue weighted by Gasteiger charge is -2.11. The van der Waals surface area contributed by atoms with Crippen LogP contribution in [0.2, 0.25) is 10.0 Å². The topological polar surface area (TPSA) is 93.7 Å². The number of carbonyl (C=O) groups excluding carboxylic acids is 1. The lowest BCUT2D eigenvalue weighted by Crippen LogP contribution is -2.14. The lowest BCUT2D eigenvalue weighted by atomic mass is 10.2. The number of benzene rings is 3. The lowest BCUT2D eigenvalue weighted by molar-refractivity contribution is -0.116.